The van der Waals surface area contributed by atoms with Gasteiger partial charge in [0.15, 0.2) is 0 Å². The van der Waals surface area contributed by atoms with Crippen molar-refractivity contribution in [3.8, 4) is 0 Å². The minimum Gasteiger partial charge on any atom is -0.463 e. The maximum absolute atomic E-state index is 11.7. The first kappa shape index (κ1) is 22.4. The molecule has 0 saturated carbocycles. The molecule has 3 aromatic carbocycles. The fourth-order valence-electron chi connectivity index (χ4n) is 3.92. The molecular weight excluding hydrogens is 412 g/mol. The van der Waals surface area contributed by atoms with Crippen molar-refractivity contribution >= 4 is 17.0 Å². The third-order valence-electron chi connectivity index (χ3n) is 5.40. The number of nitrogens with zero attached hydrogens (tertiary/aromatic N) is 4. The molecule has 168 valence electrons. The Morgan fingerprint density at radius 1 is 1.00 bits per heavy atom. The summed E-state index contributed by atoms with van der Waals surface area (Å²) in [4.78, 5) is 14.1. The molecule has 4 rings (SSSR count). The largest absolute Gasteiger partial charge is 0.463 e. The summed E-state index contributed by atoms with van der Waals surface area (Å²) in [6.07, 6.45) is 3.92. The fourth-order valence-corrected chi connectivity index (χ4v) is 3.92. The van der Waals surface area contributed by atoms with E-state index in [0.717, 1.165) is 29.7 Å². The lowest BCUT2D eigenvalue weighted by Crippen LogP contribution is -2.34. The Labute approximate surface area is 194 Å². The number of benzene rings is 3. The van der Waals surface area contributed by atoms with Gasteiger partial charge in [-0.3, -0.25) is 4.90 Å². The van der Waals surface area contributed by atoms with Crippen LogP contribution in [-0.4, -0.2) is 39.0 Å². The molecule has 6 nitrogen and oxygen atoms in total. The van der Waals surface area contributed by atoms with Crippen LogP contribution in [0.15, 0.2) is 97.1 Å². The second kappa shape index (κ2) is 11.2. The summed E-state index contributed by atoms with van der Waals surface area (Å²) >= 11 is 0. The molecule has 33 heavy (non-hydrogen) atoms. The van der Waals surface area contributed by atoms with E-state index in [1.807, 2.05) is 59.3 Å². The van der Waals surface area contributed by atoms with E-state index < -0.39 is 0 Å². The van der Waals surface area contributed by atoms with Crippen molar-refractivity contribution in [1.82, 2.24) is 19.9 Å². The van der Waals surface area contributed by atoms with Gasteiger partial charge < -0.3 is 4.74 Å². The zero-order chi connectivity index (χ0) is 22.9. The molecule has 0 radical (unpaired) electrons. The van der Waals surface area contributed by atoms with Crippen LogP contribution in [0.4, 0.5) is 0 Å². The van der Waals surface area contributed by atoms with Crippen LogP contribution in [-0.2, 0) is 16.1 Å². The second-order valence-corrected chi connectivity index (χ2v) is 7.71. The van der Waals surface area contributed by atoms with Crippen LogP contribution in [0, 0.1) is 0 Å². The minimum absolute atomic E-state index is 0.158. The van der Waals surface area contributed by atoms with Crippen LogP contribution in [0.5, 0.6) is 0 Å². The van der Waals surface area contributed by atoms with Crippen LogP contribution in [0.25, 0.3) is 11.0 Å². The molecule has 6 heteroatoms. The van der Waals surface area contributed by atoms with Gasteiger partial charge in [0.25, 0.3) is 0 Å². The van der Waals surface area contributed by atoms with Gasteiger partial charge in [0.2, 0.25) is 0 Å². The average molecular weight is 441 g/mol. The Hall–Kier alpha value is -3.77. The van der Waals surface area contributed by atoms with Crippen molar-refractivity contribution in [2.24, 2.45) is 0 Å². The summed E-state index contributed by atoms with van der Waals surface area (Å²) in [7, 11) is 0. The van der Waals surface area contributed by atoms with E-state index in [0.29, 0.717) is 13.0 Å². The smallest absolute Gasteiger partial charge is 0.330 e. The number of para-hydroxylation sites is 1. The van der Waals surface area contributed by atoms with E-state index in [4.69, 9.17) is 4.74 Å². The molecule has 0 bridgehead atoms. The molecule has 0 N–H and O–H groups in total. The van der Waals surface area contributed by atoms with Crippen molar-refractivity contribution in [1.29, 1.82) is 0 Å². The highest BCUT2D eigenvalue weighted by atomic mass is 16.5. The van der Waals surface area contributed by atoms with E-state index in [1.165, 1.54) is 11.6 Å². The molecule has 0 amide bonds. The van der Waals surface area contributed by atoms with Gasteiger partial charge in [0.05, 0.1) is 12.1 Å². The normalized spacial score (nSPS) is 12.4. The lowest BCUT2D eigenvalue weighted by atomic mass is 10.1. The molecule has 0 spiro atoms. The Morgan fingerprint density at radius 2 is 1.70 bits per heavy atom. The van der Waals surface area contributed by atoms with E-state index in [1.54, 1.807) is 6.92 Å². The van der Waals surface area contributed by atoms with Crippen LogP contribution >= 0.6 is 0 Å². The summed E-state index contributed by atoms with van der Waals surface area (Å²) in [5.41, 5.74) is 4.17. The molecule has 1 atom stereocenters. The zero-order valence-electron chi connectivity index (χ0n) is 18.7. The molecule has 1 heterocycles. The highest BCUT2D eigenvalue weighted by Gasteiger charge is 2.25. The minimum atomic E-state index is -0.311. The number of fused-ring (bicyclic) bond motifs is 1. The van der Waals surface area contributed by atoms with E-state index in [2.05, 4.69) is 51.6 Å². The Kier molecular flexibility index (Phi) is 7.61. The summed E-state index contributed by atoms with van der Waals surface area (Å²) in [5, 5.41) is 8.95. The van der Waals surface area contributed by atoms with Crippen LogP contribution in [0.1, 0.15) is 30.6 Å². The number of hydrogen-bond donors (Lipinski definition) is 0. The Bertz CT molecular complexity index is 1190. The maximum Gasteiger partial charge on any atom is 0.330 e. The number of carbonyl (C=O) groups is 1. The van der Waals surface area contributed by atoms with Crippen LogP contribution < -0.4 is 0 Å². The van der Waals surface area contributed by atoms with Crippen LogP contribution in [0.2, 0.25) is 0 Å². The standard InChI is InChI=1S/C27H28N4O2/c1-2-33-26(32)19-11-12-20-30(21-22-13-5-3-6-14-22)27(23-15-7-4-8-16-23)31-25-18-10-9-17-24(25)28-29-31/h3-11,13-19,27H,2,12,20-21H2,1H3/b19-11-. The van der Waals surface area contributed by atoms with Gasteiger partial charge in [-0.2, -0.15) is 0 Å². The number of hydrogen-bond acceptors (Lipinski definition) is 5. The summed E-state index contributed by atoms with van der Waals surface area (Å²) in [6.45, 7) is 3.62. The number of carbonyl (C=O) groups excluding carboxylic acids is 1. The molecule has 0 fully saturated rings. The van der Waals surface area contributed by atoms with Crippen molar-refractivity contribution in [2.75, 3.05) is 13.2 Å². The Morgan fingerprint density at radius 3 is 2.45 bits per heavy atom. The molecular formula is C27H28N4O2. The van der Waals surface area contributed by atoms with Crippen molar-refractivity contribution < 1.29 is 9.53 Å². The van der Waals surface area contributed by atoms with E-state index in [-0.39, 0.29) is 12.1 Å². The van der Waals surface area contributed by atoms with Gasteiger partial charge >= 0.3 is 5.97 Å². The lowest BCUT2D eigenvalue weighted by molar-refractivity contribution is -0.137. The number of ether oxygens (including phenoxy) is 1. The predicted octanol–water partition coefficient (Wildman–Crippen LogP) is 4.99. The van der Waals surface area contributed by atoms with Crippen LogP contribution in [0.3, 0.4) is 0 Å². The molecule has 0 aliphatic heterocycles. The third-order valence-corrected chi connectivity index (χ3v) is 5.40. The fraction of sp³-hybridized carbons (Fsp3) is 0.222. The highest BCUT2D eigenvalue weighted by Crippen LogP contribution is 2.27. The monoisotopic (exact) mass is 440 g/mol. The second-order valence-electron chi connectivity index (χ2n) is 7.71. The predicted molar refractivity (Wildman–Crippen MR) is 129 cm³/mol. The molecule has 4 aromatic rings. The molecule has 0 aliphatic rings. The maximum atomic E-state index is 11.7. The molecule has 1 aromatic heterocycles. The van der Waals surface area contributed by atoms with Gasteiger partial charge in [0.1, 0.15) is 11.7 Å². The summed E-state index contributed by atoms with van der Waals surface area (Å²) in [5.74, 6) is -0.311. The van der Waals surface area contributed by atoms with Crippen molar-refractivity contribution in [3.05, 3.63) is 108 Å². The van der Waals surface area contributed by atoms with Gasteiger partial charge in [-0.25, -0.2) is 9.48 Å². The quantitative estimate of drug-likeness (QED) is 0.257. The molecule has 0 aliphatic carbocycles. The van der Waals surface area contributed by atoms with Crippen molar-refractivity contribution in [2.45, 2.75) is 26.1 Å². The number of esters is 1. The summed E-state index contributed by atoms with van der Waals surface area (Å²) in [6, 6.07) is 28.7. The van der Waals surface area contributed by atoms with Crippen molar-refractivity contribution in [3.63, 3.8) is 0 Å². The first-order valence-electron chi connectivity index (χ1n) is 11.2. The lowest BCUT2D eigenvalue weighted by Gasteiger charge is -2.32. The number of rotatable bonds is 10. The third kappa shape index (κ3) is 5.73. The first-order chi connectivity index (χ1) is 16.3. The van der Waals surface area contributed by atoms with E-state index in [9.17, 15) is 4.79 Å². The van der Waals surface area contributed by atoms with Gasteiger partial charge in [-0.1, -0.05) is 84.1 Å². The molecule has 0 saturated heterocycles. The molecule has 1 unspecified atom stereocenters. The average Bonchev–Trinajstić information content (AvgIpc) is 3.27. The van der Waals surface area contributed by atoms with Gasteiger partial charge in [0, 0.05) is 19.2 Å². The number of aromatic nitrogens is 3. The topological polar surface area (TPSA) is 60.2 Å². The van der Waals surface area contributed by atoms with Gasteiger partial charge in [-0.15, -0.1) is 5.10 Å². The highest BCUT2D eigenvalue weighted by molar-refractivity contribution is 5.81. The first-order valence-corrected chi connectivity index (χ1v) is 11.2. The van der Waals surface area contributed by atoms with E-state index >= 15 is 0 Å². The Balaban J connectivity index is 1.70. The summed E-state index contributed by atoms with van der Waals surface area (Å²) < 4.78 is 7.00. The zero-order valence-corrected chi connectivity index (χ0v) is 18.7. The van der Waals surface area contributed by atoms with Gasteiger partial charge in [-0.05, 0) is 36.6 Å². The SMILES string of the molecule is CCOC(=O)/C=C\CCN(Cc1ccccc1)C(c1ccccc1)n1nnc2ccccc21.